The lowest BCUT2D eigenvalue weighted by Crippen LogP contribution is -2.38. The van der Waals surface area contributed by atoms with Gasteiger partial charge >= 0.3 is 0 Å². The number of aromatic nitrogens is 3. The lowest BCUT2D eigenvalue weighted by molar-refractivity contribution is 0.0519. The van der Waals surface area contributed by atoms with Crippen LogP contribution in [0.25, 0.3) is 11.2 Å². The van der Waals surface area contributed by atoms with E-state index >= 15 is 0 Å². The van der Waals surface area contributed by atoms with Gasteiger partial charge in [0.2, 0.25) is 0 Å². The second kappa shape index (κ2) is 8.34. The van der Waals surface area contributed by atoms with Crippen molar-refractivity contribution >= 4 is 11.2 Å². The number of imidazole rings is 1. The van der Waals surface area contributed by atoms with Gasteiger partial charge in [-0.1, -0.05) is 12.1 Å². The van der Waals surface area contributed by atoms with Gasteiger partial charge < -0.3 is 20.3 Å². The maximum absolute atomic E-state index is 13.3. The number of pyridine rings is 1. The van der Waals surface area contributed by atoms with Gasteiger partial charge in [-0.05, 0) is 61.7 Å². The van der Waals surface area contributed by atoms with Crippen LogP contribution in [-0.4, -0.2) is 50.7 Å². The topological polar surface area (TPSA) is 80.2 Å². The first-order valence-corrected chi connectivity index (χ1v) is 9.82. The molecule has 148 valence electrons. The van der Waals surface area contributed by atoms with E-state index < -0.39 is 6.10 Å². The summed E-state index contributed by atoms with van der Waals surface area (Å²) in [4.78, 5) is 11.3. The van der Waals surface area contributed by atoms with Gasteiger partial charge in [0.1, 0.15) is 17.7 Å². The fourth-order valence-corrected chi connectivity index (χ4v) is 4.03. The first kappa shape index (κ1) is 19.0. The number of nitrogens with zero attached hydrogens (tertiary/aromatic N) is 4. The molecular weight excluding hydrogens is 357 g/mol. The molecule has 0 amide bonds. The van der Waals surface area contributed by atoms with Gasteiger partial charge in [0.05, 0.1) is 5.52 Å². The number of hydrogen-bond acceptors (Lipinski definition) is 5. The highest BCUT2D eigenvalue weighted by molar-refractivity contribution is 5.71. The van der Waals surface area contributed by atoms with Crippen molar-refractivity contribution in [3.8, 4) is 0 Å². The van der Waals surface area contributed by atoms with Crippen LogP contribution in [0.15, 0.2) is 42.6 Å². The van der Waals surface area contributed by atoms with Crippen LogP contribution in [0.5, 0.6) is 0 Å². The van der Waals surface area contributed by atoms with E-state index in [0.717, 1.165) is 43.6 Å². The normalized spacial score (nSPS) is 17.2. The predicted octanol–water partition coefficient (Wildman–Crippen LogP) is 2.32. The van der Waals surface area contributed by atoms with Crippen LogP contribution in [0.1, 0.15) is 30.3 Å². The molecule has 1 atom stereocenters. The molecule has 6 nitrogen and oxygen atoms in total. The number of nitrogens with two attached hydrogens (primary N) is 1. The van der Waals surface area contributed by atoms with E-state index in [2.05, 4.69) is 14.9 Å². The minimum atomic E-state index is -0.658. The smallest absolute Gasteiger partial charge is 0.178 e. The van der Waals surface area contributed by atoms with Crippen LogP contribution in [0.2, 0.25) is 0 Å². The average Bonchev–Trinajstić information content (AvgIpc) is 3.08. The molecule has 1 aromatic carbocycles. The van der Waals surface area contributed by atoms with Crippen molar-refractivity contribution < 1.29 is 9.50 Å². The summed E-state index contributed by atoms with van der Waals surface area (Å²) in [6.45, 7) is 3.95. The number of hydrogen-bond donors (Lipinski definition) is 2. The summed E-state index contributed by atoms with van der Waals surface area (Å²) in [5.74, 6) is 0.526. The lowest BCUT2D eigenvalue weighted by Gasteiger charge is -2.33. The first-order chi connectivity index (χ1) is 13.7. The van der Waals surface area contributed by atoms with Crippen molar-refractivity contribution in [1.82, 2.24) is 19.4 Å². The molecule has 1 saturated heterocycles. The van der Waals surface area contributed by atoms with Gasteiger partial charge in [-0.25, -0.2) is 14.4 Å². The number of fused-ring (bicyclic) bond motifs is 1. The van der Waals surface area contributed by atoms with E-state index in [4.69, 9.17) is 5.73 Å². The number of benzene rings is 1. The Kier molecular flexibility index (Phi) is 5.66. The van der Waals surface area contributed by atoms with Crippen molar-refractivity contribution in [2.24, 2.45) is 11.7 Å². The van der Waals surface area contributed by atoms with Crippen molar-refractivity contribution in [3.63, 3.8) is 0 Å². The van der Waals surface area contributed by atoms with Crippen molar-refractivity contribution in [3.05, 3.63) is 59.8 Å². The third kappa shape index (κ3) is 3.92. The van der Waals surface area contributed by atoms with Crippen LogP contribution in [0.3, 0.4) is 0 Å². The third-order valence-corrected chi connectivity index (χ3v) is 5.60. The van der Waals surface area contributed by atoms with E-state index in [9.17, 15) is 9.50 Å². The molecule has 7 heteroatoms. The minimum absolute atomic E-state index is 0.151. The second-order valence-corrected chi connectivity index (χ2v) is 7.44. The zero-order valence-corrected chi connectivity index (χ0v) is 15.8. The Balaban J connectivity index is 1.62. The number of piperidine rings is 1. The van der Waals surface area contributed by atoms with Gasteiger partial charge in [0.15, 0.2) is 5.65 Å². The van der Waals surface area contributed by atoms with Gasteiger partial charge in [-0.3, -0.25) is 0 Å². The number of likely N-dealkylation sites (tertiary alicyclic amines) is 1. The first-order valence-electron chi connectivity index (χ1n) is 9.82. The molecule has 2 aromatic heterocycles. The predicted molar refractivity (Wildman–Crippen MR) is 106 cm³/mol. The molecule has 28 heavy (non-hydrogen) atoms. The minimum Gasteiger partial charge on any atom is -0.385 e. The summed E-state index contributed by atoms with van der Waals surface area (Å²) in [6.07, 6.45) is 2.87. The fourth-order valence-electron chi connectivity index (χ4n) is 4.03. The number of aliphatic hydroxyl groups excluding tert-OH is 1. The Labute approximate surface area is 163 Å². The SMILES string of the molecule is NCCN1CCC(C(O)c2nc3ncccc3n2Cc2ccc(F)cc2)CC1. The van der Waals surface area contributed by atoms with Crippen molar-refractivity contribution in [2.75, 3.05) is 26.2 Å². The van der Waals surface area contributed by atoms with Crippen molar-refractivity contribution in [1.29, 1.82) is 0 Å². The molecule has 0 radical (unpaired) electrons. The summed E-state index contributed by atoms with van der Waals surface area (Å²) in [6, 6.07) is 10.3. The highest BCUT2D eigenvalue weighted by Gasteiger charge is 2.30. The molecule has 4 rings (SSSR count). The average molecular weight is 383 g/mol. The van der Waals surface area contributed by atoms with E-state index in [1.807, 2.05) is 16.7 Å². The quantitative estimate of drug-likeness (QED) is 0.683. The zero-order chi connectivity index (χ0) is 19.5. The van der Waals surface area contributed by atoms with Crippen molar-refractivity contribution in [2.45, 2.75) is 25.5 Å². The molecular formula is C21H26FN5O. The molecule has 0 bridgehead atoms. The molecule has 1 aliphatic heterocycles. The zero-order valence-electron chi connectivity index (χ0n) is 15.8. The van der Waals surface area contributed by atoms with Gasteiger partial charge in [-0.15, -0.1) is 0 Å². The summed E-state index contributed by atoms with van der Waals surface area (Å²) in [5, 5.41) is 11.2. The highest BCUT2D eigenvalue weighted by Crippen LogP contribution is 2.32. The molecule has 1 unspecified atom stereocenters. The molecule has 0 spiro atoms. The van der Waals surface area contributed by atoms with Crippen LogP contribution in [-0.2, 0) is 6.54 Å². The van der Waals surface area contributed by atoms with E-state index in [1.54, 1.807) is 18.3 Å². The Hall–Kier alpha value is -2.35. The molecule has 0 saturated carbocycles. The second-order valence-electron chi connectivity index (χ2n) is 7.44. The third-order valence-electron chi connectivity index (χ3n) is 5.60. The Morgan fingerprint density at radius 3 is 2.64 bits per heavy atom. The summed E-state index contributed by atoms with van der Waals surface area (Å²) in [5.41, 5.74) is 8.11. The lowest BCUT2D eigenvalue weighted by atomic mass is 9.90. The molecule has 3 heterocycles. The Morgan fingerprint density at radius 2 is 1.93 bits per heavy atom. The molecule has 1 fully saturated rings. The summed E-state index contributed by atoms with van der Waals surface area (Å²) >= 11 is 0. The fraction of sp³-hybridized carbons (Fsp3) is 0.429. The van der Waals surface area contributed by atoms with E-state index in [1.165, 1.54) is 12.1 Å². The van der Waals surface area contributed by atoms with Crippen LogP contribution < -0.4 is 5.73 Å². The van der Waals surface area contributed by atoms with E-state index in [0.29, 0.717) is 24.6 Å². The standard InChI is InChI=1S/C21H26FN5O/c22-17-5-3-15(4-6-17)14-27-18-2-1-10-24-20(18)25-21(27)19(28)16-7-11-26(12-8-16)13-9-23/h1-6,10,16,19,28H,7-9,11-14,23H2. The maximum Gasteiger partial charge on any atom is 0.178 e. The maximum atomic E-state index is 13.3. The highest BCUT2D eigenvalue weighted by atomic mass is 19.1. The van der Waals surface area contributed by atoms with E-state index in [-0.39, 0.29) is 11.7 Å². The van der Waals surface area contributed by atoms with Gasteiger partial charge in [-0.2, -0.15) is 0 Å². The molecule has 3 N–H and O–H groups in total. The Morgan fingerprint density at radius 1 is 1.18 bits per heavy atom. The molecule has 0 aliphatic carbocycles. The number of aliphatic hydroxyl groups is 1. The summed E-state index contributed by atoms with van der Waals surface area (Å²) in [7, 11) is 0. The van der Waals surface area contributed by atoms with Gasteiger partial charge in [0, 0.05) is 25.8 Å². The number of rotatable bonds is 6. The van der Waals surface area contributed by atoms with Crippen LogP contribution in [0, 0.1) is 11.7 Å². The monoisotopic (exact) mass is 383 g/mol. The largest absolute Gasteiger partial charge is 0.385 e. The number of halogens is 1. The van der Waals surface area contributed by atoms with Crippen LogP contribution >= 0.6 is 0 Å². The Bertz CT molecular complexity index is 918. The van der Waals surface area contributed by atoms with Gasteiger partial charge in [0.25, 0.3) is 0 Å². The molecule has 1 aliphatic rings. The van der Waals surface area contributed by atoms with Crippen LogP contribution in [0.4, 0.5) is 4.39 Å². The summed E-state index contributed by atoms with van der Waals surface area (Å²) < 4.78 is 15.3. The molecule has 3 aromatic rings.